The topological polar surface area (TPSA) is 41.6 Å². The predicted molar refractivity (Wildman–Crippen MR) is 113 cm³/mol. The normalized spacial score (nSPS) is 14.3. The molecule has 144 valence electrons. The molecule has 1 fully saturated rings. The van der Waals surface area contributed by atoms with Crippen LogP contribution >= 0.6 is 0 Å². The Hall–Kier alpha value is -2.85. The third-order valence-electron chi connectivity index (χ3n) is 5.50. The van der Waals surface area contributed by atoms with Crippen LogP contribution in [0.5, 0.6) is 5.75 Å². The number of nitrogens with zero attached hydrogens (tertiary/aromatic N) is 1. The van der Waals surface area contributed by atoms with E-state index in [0.29, 0.717) is 12.1 Å². The summed E-state index contributed by atoms with van der Waals surface area (Å²) in [5.41, 5.74) is 3.15. The minimum absolute atomic E-state index is 0.0603. The van der Waals surface area contributed by atoms with Crippen LogP contribution < -0.4 is 10.1 Å². The average molecular weight is 374 g/mol. The number of amides is 1. The van der Waals surface area contributed by atoms with Crippen LogP contribution in [0.1, 0.15) is 34.3 Å². The van der Waals surface area contributed by atoms with Gasteiger partial charge in [0.2, 0.25) is 0 Å². The molecule has 4 heteroatoms. The van der Waals surface area contributed by atoms with E-state index < -0.39 is 0 Å². The summed E-state index contributed by atoms with van der Waals surface area (Å²) in [6.45, 7) is 3.82. The molecule has 0 saturated carbocycles. The molecule has 1 N–H and O–H groups in total. The van der Waals surface area contributed by atoms with Crippen LogP contribution in [0.25, 0.3) is 10.8 Å². The molecular weight excluding hydrogens is 348 g/mol. The third kappa shape index (κ3) is 3.87. The minimum Gasteiger partial charge on any atom is -0.496 e. The molecule has 1 heterocycles. The van der Waals surface area contributed by atoms with Crippen molar-refractivity contribution in [3.05, 3.63) is 77.4 Å². The lowest BCUT2D eigenvalue weighted by Crippen LogP contribution is -2.25. The highest BCUT2D eigenvalue weighted by Gasteiger charge is 2.15. The SMILES string of the molecule is COc1ccc(C(=O)NCc2ccccc2CN2CCCC2)c2ccccc12. The summed E-state index contributed by atoms with van der Waals surface area (Å²) in [7, 11) is 1.65. The summed E-state index contributed by atoms with van der Waals surface area (Å²) in [4.78, 5) is 15.4. The van der Waals surface area contributed by atoms with Gasteiger partial charge in [0.15, 0.2) is 0 Å². The Labute approximate surface area is 166 Å². The number of rotatable bonds is 6. The highest BCUT2D eigenvalue weighted by molar-refractivity contribution is 6.08. The highest BCUT2D eigenvalue weighted by Crippen LogP contribution is 2.28. The van der Waals surface area contributed by atoms with Gasteiger partial charge in [0.05, 0.1) is 7.11 Å². The average Bonchev–Trinajstić information content (AvgIpc) is 3.25. The number of methoxy groups -OCH3 is 1. The first-order valence-electron chi connectivity index (χ1n) is 9.89. The van der Waals surface area contributed by atoms with Crippen molar-refractivity contribution >= 4 is 16.7 Å². The minimum atomic E-state index is -0.0603. The number of fused-ring (bicyclic) bond motifs is 1. The molecule has 3 aromatic rings. The van der Waals surface area contributed by atoms with E-state index in [1.807, 2.05) is 42.5 Å². The Balaban J connectivity index is 1.52. The standard InChI is InChI=1S/C24H26N2O2/c1-28-23-13-12-22(20-10-4-5-11-21(20)23)24(27)25-16-18-8-2-3-9-19(18)17-26-14-6-7-15-26/h2-5,8-13H,6-7,14-17H2,1H3,(H,25,27). The lowest BCUT2D eigenvalue weighted by atomic mass is 10.0. The van der Waals surface area contributed by atoms with Crippen molar-refractivity contribution in [2.75, 3.05) is 20.2 Å². The lowest BCUT2D eigenvalue weighted by Gasteiger charge is -2.18. The maximum Gasteiger partial charge on any atom is 0.252 e. The van der Waals surface area contributed by atoms with Gasteiger partial charge >= 0.3 is 0 Å². The molecule has 0 aliphatic carbocycles. The zero-order valence-electron chi connectivity index (χ0n) is 16.3. The van der Waals surface area contributed by atoms with Gasteiger partial charge < -0.3 is 10.1 Å². The van der Waals surface area contributed by atoms with Gasteiger partial charge in [-0.2, -0.15) is 0 Å². The summed E-state index contributed by atoms with van der Waals surface area (Å²) in [6, 6.07) is 20.0. The number of carbonyl (C=O) groups is 1. The fraction of sp³-hybridized carbons (Fsp3) is 0.292. The molecule has 1 amide bonds. The van der Waals surface area contributed by atoms with Crippen LogP contribution in [0.2, 0.25) is 0 Å². The van der Waals surface area contributed by atoms with Crippen molar-refractivity contribution in [1.29, 1.82) is 0 Å². The number of likely N-dealkylation sites (tertiary alicyclic amines) is 1. The van der Waals surface area contributed by atoms with E-state index >= 15 is 0 Å². The van der Waals surface area contributed by atoms with Crippen LogP contribution in [-0.2, 0) is 13.1 Å². The number of ether oxygens (including phenoxy) is 1. The molecule has 4 nitrogen and oxygen atoms in total. The van der Waals surface area contributed by atoms with E-state index in [9.17, 15) is 4.79 Å². The molecule has 1 aliphatic heterocycles. The van der Waals surface area contributed by atoms with E-state index in [2.05, 4.69) is 28.4 Å². The zero-order chi connectivity index (χ0) is 19.3. The van der Waals surface area contributed by atoms with Gasteiger partial charge in [-0.1, -0.05) is 48.5 Å². The molecule has 0 bridgehead atoms. The van der Waals surface area contributed by atoms with Gasteiger partial charge in [0.25, 0.3) is 5.91 Å². The van der Waals surface area contributed by atoms with Crippen molar-refractivity contribution in [2.45, 2.75) is 25.9 Å². The number of hydrogen-bond donors (Lipinski definition) is 1. The van der Waals surface area contributed by atoms with Crippen molar-refractivity contribution in [3.63, 3.8) is 0 Å². The fourth-order valence-corrected chi connectivity index (χ4v) is 3.98. The molecule has 0 spiro atoms. The summed E-state index contributed by atoms with van der Waals surface area (Å²) < 4.78 is 5.43. The molecule has 0 aromatic heterocycles. The van der Waals surface area contributed by atoms with Gasteiger partial charge in [-0.15, -0.1) is 0 Å². The van der Waals surface area contributed by atoms with Crippen molar-refractivity contribution in [3.8, 4) is 5.75 Å². The summed E-state index contributed by atoms with van der Waals surface area (Å²) in [6.07, 6.45) is 2.56. The largest absolute Gasteiger partial charge is 0.496 e. The van der Waals surface area contributed by atoms with Crippen molar-refractivity contribution < 1.29 is 9.53 Å². The van der Waals surface area contributed by atoms with E-state index in [1.165, 1.54) is 37.1 Å². The summed E-state index contributed by atoms with van der Waals surface area (Å²) >= 11 is 0. The summed E-state index contributed by atoms with van der Waals surface area (Å²) in [5.74, 6) is 0.720. The molecule has 4 rings (SSSR count). The molecule has 1 saturated heterocycles. The molecule has 1 aliphatic rings. The monoisotopic (exact) mass is 374 g/mol. The quantitative estimate of drug-likeness (QED) is 0.696. The first kappa shape index (κ1) is 18.5. The van der Waals surface area contributed by atoms with E-state index in [0.717, 1.165) is 23.1 Å². The first-order chi connectivity index (χ1) is 13.8. The first-order valence-corrected chi connectivity index (χ1v) is 9.89. The number of carbonyl (C=O) groups excluding carboxylic acids is 1. The molecule has 3 aromatic carbocycles. The van der Waals surface area contributed by atoms with Gasteiger partial charge in [-0.05, 0) is 54.6 Å². The fourth-order valence-electron chi connectivity index (χ4n) is 3.98. The number of nitrogens with one attached hydrogen (secondary N) is 1. The second-order valence-electron chi connectivity index (χ2n) is 7.30. The van der Waals surface area contributed by atoms with E-state index in [-0.39, 0.29) is 5.91 Å². The number of hydrogen-bond acceptors (Lipinski definition) is 3. The van der Waals surface area contributed by atoms with Crippen LogP contribution in [0.15, 0.2) is 60.7 Å². The maximum absolute atomic E-state index is 12.9. The van der Waals surface area contributed by atoms with Gasteiger partial charge in [0.1, 0.15) is 5.75 Å². The molecular formula is C24H26N2O2. The van der Waals surface area contributed by atoms with Gasteiger partial charge in [0, 0.05) is 24.0 Å². The Kier molecular flexibility index (Phi) is 5.58. The van der Waals surface area contributed by atoms with Crippen LogP contribution in [0, 0.1) is 0 Å². The second-order valence-corrected chi connectivity index (χ2v) is 7.30. The second kappa shape index (κ2) is 8.44. The molecule has 0 atom stereocenters. The van der Waals surface area contributed by atoms with E-state index in [4.69, 9.17) is 4.74 Å². The predicted octanol–water partition coefficient (Wildman–Crippen LogP) is 4.37. The van der Waals surface area contributed by atoms with Gasteiger partial charge in [-0.25, -0.2) is 0 Å². The highest BCUT2D eigenvalue weighted by atomic mass is 16.5. The lowest BCUT2D eigenvalue weighted by molar-refractivity contribution is 0.0952. The Morgan fingerprint density at radius 3 is 2.36 bits per heavy atom. The van der Waals surface area contributed by atoms with Crippen molar-refractivity contribution in [1.82, 2.24) is 10.2 Å². The van der Waals surface area contributed by atoms with Crippen LogP contribution in [-0.4, -0.2) is 31.0 Å². The molecule has 0 unspecified atom stereocenters. The number of benzene rings is 3. The van der Waals surface area contributed by atoms with E-state index in [1.54, 1.807) is 7.11 Å². The molecule has 0 radical (unpaired) electrons. The summed E-state index contributed by atoms with van der Waals surface area (Å²) in [5, 5.41) is 4.97. The maximum atomic E-state index is 12.9. The Bertz CT molecular complexity index is 977. The molecule has 28 heavy (non-hydrogen) atoms. The third-order valence-corrected chi connectivity index (χ3v) is 5.50. The van der Waals surface area contributed by atoms with Gasteiger partial charge in [-0.3, -0.25) is 9.69 Å². The van der Waals surface area contributed by atoms with Crippen LogP contribution in [0.4, 0.5) is 0 Å². The smallest absolute Gasteiger partial charge is 0.252 e. The Morgan fingerprint density at radius 2 is 1.61 bits per heavy atom. The zero-order valence-corrected chi connectivity index (χ0v) is 16.3. The van der Waals surface area contributed by atoms with Crippen LogP contribution in [0.3, 0.4) is 0 Å². The Morgan fingerprint density at radius 1 is 0.929 bits per heavy atom. The van der Waals surface area contributed by atoms with Crippen molar-refractivity contribution in [2.24, 2.45) is 0 Å².